The molecule has 1 aliphatic rings. The maximum Gasteiger partial charge on any atom is 0.220 e. The predicted molar refractivity (Wildman–Crippen MR) is 84.5 cm³/mol. The summed E-state index contributed by atoms with van der Waals surface area (Å²) < 4.78 is 6.77. The van der Waals surface area contributed by atoms with Crippen LogP contribution in [0.5, 0.6) is 0 Å². The molecule has 1 aromatic carbocycles. The Kier molecular flexibility index (Phi) is 4.51. The number of hydrogen-bond donors (Lipinski definition) is 1. The van der Waals surface area contributed by atoms with Crippen molar-refractivity contribution >= 4 is 27.5 Å². The van der Waals surface area contributed by atoms with Crippen LogP contribution in [0.15, 0.2) is 24.3 Å². The molecule has 1 aromatic heterocycles. The Morgan fingerprint density at radius 2 is 2.38 bits per heavy atom. The van der Waals surface area contributed by atoms with Crippen molar-refractivity contribution in [1.82, 2.24) is 10.3 Å². The molecule has 3 rings (SSSR count). The van der Waals surface area contributed by atoms with Crippen molar-refractivity contribution < 1.29 is 9.53 Å². The number of aromatic nitrogens is 1. The van der Waals surface area contributed by atoms with Crippen LogP contribution in [0.1, 0.15) is 31.2 Å². The minimum absolute atomic E-state index is 0.0808. The summed E-state index contributed by atoms with van der Waals surface area (Å²) in [6.45, 7) is 2.84. The first-order valence-electron chi connectivity index (χ1n) is 7.48. The van der Waals surface area contributed by atoms with Crippen LogP contribution < -0.4 is 5.32 Å². The zero-order valence-electron chi connectivity index (χ0n) is 12.2. The maximum atomic E-state index is 12.0. The second kappa shape index (κ2) is 6.54. The molecule has 0 radical (unpaired) electrons. The first kappa shape index (κ1) is 14.5. The van der Waals surface area contributed by atoms with Gasteiger partial charge in [-0.1, -0.05) is 12.1 Å². The van der Waals surface area contributed by atoms with E-state index >= 15 is 0 Å². The average Bonchev–Trinajstić information content (AvgIpc) is 3.14. The molecule has 1 saturated heterocycles. The number of fused-ring (bicyclic) bond motifs is 1. The fraction of sp³-hybridized carbons (Fsp3) is 0.500. The smallest absolute Gasteiger partial charge is 0.220 e. The molecule has 2 aromatic rings. The zero-order chi connectivity index (χ0) is 14.7. The lowest BCUT2D eigenvalue weighted by Gasteiger charge is -2.19. The standard InChI is InChI=1S/C16H20N2O2S/c1-11(13-6-4-10-20-13)17-15(19)8-9-16-18-12-5-2-3-7-14(12)21-16/h2-3,5,7,11,13H,4,6,8-10H2,1H3,(H,17,19). The molecule has 2 unspecified atom stereocenters. The van der Waals surface area contributed by atoms with E-state index in [2.05, 4.69) is 16.4 Å². The molecule has 2 heterocycles. The lowest BCUT2D eigenvalue weighted by Crippen LogP contribution is -2.40. The first-order valence-corrected chi connectivity index (χ1v) is 8.29. The average molecular weight is 304 g/mol. The van der Waals surface area contributed by atoms with Crippen molar-refractivity contribution in [1.29, 1.82) is 0 Å². The molecular weight excluding hydrogens is 284 g/mol. The summed E-state index contributed by atoms with van der Waals surface area (Å²) in [4.78, 5) is 16.6. The second-order valence-electron chi connectivity index (χ2n) is 5.48. The van der Waals surface area contributed by atoms with Gasteiger partial charge in [0.05, 0.1) is 27.4 Å². The zero-order valence-corrected chi connectivity index (χ0v) is 13.0. The fourth-order valence-corrected chi connectivity index (χ4v) is 3.63. The number of thiazole rings is 1. The van der Waals surface area contributed by atoms with E-state index in [0.29, 0.717) is 12.8 Å². The van der Waals surface area contributed by atoms with Gasteiger partial charge in [0, 0.05) is 19.4 Å². The molecule has 1 amide bonds. The molecule has 0 aliphatic carbocycles. The Labute approximate surface area is 128 Å². The summed E-state index contributed by atoms with van der Waals surface area (Å²) in [7, 11) is 0. The Hall–Kier alpha value is -1.46. The SMILES string of the molecule is CC(NC(=O)CCc1nc2ccccc2s1)C1CCCO1. The third kappa shape index (κ3) is 3.60. The van der Waals surface area contributed by atoms with E-state index < -0.39 is 0 Å². The first-order chi connectivity index (χ1) is 10.2. The van der Waals surface area contributed by atoms with Crippen LogP contribution in [-0.4, -0.2) is 29.6 Å². The van der Waals surface area contributed by atoms with Crippen molar-refractivity contribution in [2.24, 2.45) is 0 Å². The van der Waals surface area contributed by atoms with Crippen LogP contribution >= 0.6 is 11.3 Å². The van der Waals surface area contributed by atoms with Crippen molar-refractivity contribution in [3.63, 3.8) is 0 Å². The summed E-state index contributed by atoms with van der Waals surface area (Å²) in [5.74, 6) is 0.0808. The molecule has 21 heavy (non-hydrogen) atoms. The Morgan fingerprint density at radius 3 is 3.14 bits per heavy atom. The molecule has 5 heteroatoms. The highest BCUT2D eigenvalue weighted by Crippen LogP contribution is 2.22. The number of nitrogens with one attached hydrogen (secondary N) is 1. The Bertz CT molecular complexity index is 587. The molecular formula is C16H20N2O2S. The number of para-hydroxylation sites is 1. The largest absolute Gasteiger partial charge is 0.376 e. The molecule has 0 saturated carbocycles. The maximum absolute atomic E-state index is 12.0. The van der Waals surface area contributed by atoms with Crippen molar-refractivity contribution in [2.45, 2.75) is 44.8 Å². The summed E-state index contributed by atoms with van der Waals surface area (Å²) >= 11 is 1.67. The monoisotopic (exact) mass is 304 g/mol. The van der Waals surface area contributed by atoms with E-state index in [1.165, 1.54) is 4.70 Å². The minimum Gasteiger partial charge on any atom is -0.376 e. The van der Waals surface area contributed by atoms with Crippen LogP contribution in [0, 0.1) is 0 Å². The second-order valence-corrected chi connectivity index (χ2v) is 6.60. The van der Waals surface area contributed by atoms with E-state index in [-0.39, 0.29) is 18.1 Å². The van der Waals surface area contributed by atoms with E-state index in [0.717, 1.165) is 30.0 Å². The molecule has 2 atom stereocenters. The highest BCUT2D eigenvalue weighted by atomic mass is 32.1. The number of ether oxygens (including phenoxy) is 1. The predicted octanol–water partition coefficient (Wildman–Crippen LogP) is 2.91. The van der Waals surface area contributed by atoms with E-state index in [1.54, 1.807) is 11.3 Å². The van der Waals surface area contributed by atoms with Gasteiger partial charge in [-0.3, -0.25) is 4.79 Å². The molecule has 4 nitrogen and oxygen atoms in total. The van der Waals surface area contributed by atoms with Gasteiger partial charge in [0.1, 0.15) is 0 Å². The lowest BCUT2D eigenvalue weighted by atomic mass is 10.1. The van der Waals surface area contributed by atoms with Crippen LogP contribution in [0.25, 0.3) is 10.2 Å². The van der Waals surface area contributed by atoms with Crippen molar-refractivity contribution in [3.8, 4) is 0 Å². The molecule has 112 valence electrons. The summed E-state index contributed by atoms with van der Waals surface area (Å²) in [6.07, 6.45) is 3.49. The molecule has 1 fully saturated rings. The van der Waals surface area contributed by atoms with Gasteiger partial charge in [-0.25, -0.2) is 4.98 Å². The van der Waals surface area contributed by atoms with Gasteiger partial charge in [-0.05, 0) is 31.9 Å². The van der Waals surface area contributed by atoms with Gasteiger partial charge in [-0.15, -0.1) is 11.3 Å². The highest BCUT2D eigenvalue weighted by molar-refractivity contribution is 7.18. The number of nitrogens with zero attached hydrogens (tertiary/aromatic N) is 1. The number of carbonyl (C=O) groups is 1. The normalized spacial score (nSPS) is 19.8. The van der Waals surface area contributed by atoms with Gasteiger partial charge in [0.2, 0.25) is 5.91 Å². The molecule has 1 aliphatic heterocycles. The molecule has 1 N–H and O–H groups in total. The van der Waals surface area contributed by atoms with Crippen LogP contribution in [-0.2, 0) is 16.0 Å². The van der Waals surface area contributed by atoms with E-state index in [4.69, 9.17) is 4.74 Å². The van der Waals surface area contributed by atoms with Gasteiger partial charge in [-0.2, -0.15) is 0 Å². The van der Waals surface area contributed by atoms with Crippen LogP contribution in [0.2, 0.25) is 0 Å². The Balaban J connectivity index is 1.50. The van der Waals surface area contributed by atoms with Crippen molar-refractivity contribution in [2.75, 3.05) is 6.61 Å². The number of rotatable bonds is 5. The van der Waals surface area contributed by atoms with Gasteiger partial charge >= 0.3 is 0 Å². The van der Waals surface area contributed by atoms with Gasteiger partial charge in [0.15, 0.2) is 0 Å². The van der Waals surface area contributed by atoms with E-state index in [9.17, 15) is 4.79 Å². The van der Waals surface area contributed by atoms with Crippen LogP contribution in [0.4, 0.5) is 0 Å². The lowest BCUT2D eigenvalue weighted by molar-refractivity contribution is -0.122. The summed E-state index contributed by atoms with van der Waals surface area (Å²) in [5.41, 5.74) is 1.02. The van der Waals surface area contributed by atoms with E-state index in [1.807, 2.05) is 25.1 Å². The molecule has 0 spiro atoms. The number of benzene rings is 1. The van der Waals surface area contributed by atoms with Crippen molar-refractivity contribution in [3.05, 3.63) is 29.3 Å². The number of aryl methyl sites for hydroxylation is 1. The highest BCUT2D eigenvalue weighted by Gasteiger charge is 2.23. The third-order valence-corrected chi connectivity index (χ3v) is 4.91. The minimum atomic E-state index is 0.0808. The van der Waals surface area contributed by atoms with Gasteiger partial charge < -0.3 is 10.1 Å². The number of hydrogen-bond acceptors (Lipinski definition) is 4. The summed E-state index contributed by atoms with van der Waals surface area (Å²) in [6, 6.07) is 8.17. The molecule has 0 bridgehead atoms. The topological polar surface area (TPSA) is 51.2 Å². The third-order valence-electron chi connectivity index (χ3n) is 3.82. The fourth-order valence-electron chi connectivity index (χ4n) is 2.66. The number of carbonyl (C=O) groups excluding carboxylic acids is 1. The van der Waals surface area contributed by atoms with Gasteiger partial charge in [0.25, 0.3) is 0 Å². The van der Waals surface area contributed by atoms with Crippen LogP contribution in [0.3, 0.4) is 0 Å². The summed E-state index contributed by atoms with van der Waals surface area (Å²) in [5, 5.41) is 4.06. The number of amides is 1. The quantitative estimate of drug-likeness (QED) is 0.924. The Morgan fingerprint density at radius 1 is 1.52 bits per heavy atom.